The van der Waals surface area contributed by atoms with Crippen LogP contribution in [-0.2, 0) is 0 Å². The summed E-state index contributed by atoms with van der Waals surface area (Å²) in [4.78, 5) is 9.42. The molecule has 3 rings (SSSR count). The first-order valence-corrected chi connectivity index (χ1v) is 13.3. The summed E-state index contributed by atoms with van der Waals surface area (Å²) in [7, 11) is 0. The average Bonchev–Trinajstić information content (AvgIpc) is 2.89. The first kappa shape index (κ1) is 45.1. The van der Waals surface area contributed by atoms with Crippen molar-refractivity contribution in [2.75, 3.05) is 0 Å². The van der Waals surface area contributed by atoms with Crippen LogP contribution in [0.1, 0.15) is 69.7 Å². The Morgan fingerprint density at radius 1 is 0.595 bits per heavy atom. The zero-order valence-electron chi connectivity index (χ0n) is 21.4. The van der Waals surface area contributed by atoms with Crippen molar-refractivity contribution in [2.45, 2.75) is 58.1 Å². The molecule has 0 unspecified atom stereocenters. The molecular formula is C28H41Cl5O4. The second kappa shape index (κ2) is 34.2. The zero-order chi connectivity index (χ0) is 28.9. The largest absolute Gasteiger partial charge is 0.508 e. The maximum Gasteiger partial charge on any atom is 0.180 e. The van der Waals surface area contributed by atoms with Gasteiger partial charge in [0.05, 0.1) is 5.56 Å². The van der Waals surface area contributed by atoms with Crippen LogP contribution in [0.25, 0.3) is 0 Å². The van der Waals surface area contributed by atoms with Crippen molar-refractivity contribution in [3.05, 3.63) is 90.0 Å². The van der Waals surface area contributed by atoms with E-state index in [2.05, 4.69) is 0 Å². The van der Waals surface area contributed by atoms with Gasteiger partial charge in [0.25, 0.3) is 0 Å². The summed E-state index contributed by atoms with van der Waals surface area (Å²) in [6.45, 7) is 12.0. The van der Waals surface area contributed by atoms with Crippen molar-refractivity contribution in [3.63, 3.8) is 0 Å². The minimum atomic E-state index is -0.750. The van der Waals surface area contributed by atoms with Crippen molar-refractivity contribution >= 4 is 64.3 Å². The normalized spacial score (nSPS) is 8.03. The Labute approximate surface area is 248 Å². The summed E-state index contributed by atoms with van der Waals surface area (Å²) in [5, 5.41) is 26.6. The number of hydrogen-bond donors (Lipinski definition) is 3. The van der Waals surface area contributed by atoms with E-state index >= 15 is 0 Å². The van der Waals surface area contributed by atoms with Gasteiger partial charge in [0.2, 0.25) is 0 Å². The van der Waals surface area contributed by atoms with E-state index in [1.54, 1.807) is 66.7 Å². The fourth-order valence-corrected chi connectivity index (χ4v) is 2.06. The topological polar surface area (TPSA) is 77.8 Å². The molecule has 37 heavy (non-hydrogen) atoms. The van der Waals surface area contributed by atoms with Gasteiger partial charge in [-0.25, -0.2) is 0 Å². The van der Waals surface area contributed by atoms with E-state index < -0.39 is 9.13 Å². The summed E-state index contributed by atoms with van der Waals surface area (Å²) in [6.07, 6.45) is 0.620. The molecule has 0 atom stereocenters. The molecule has 4 nitrogen and oxygen atoms in total. The highest BCUT2D eigenvalue weighted by molar-refractivity contribution is 6.63. The van der Waals surface area contributed by atoms with Crippen molar-refractivity contribution in [2.24, 2.45) is 0 Å². The van der Waals surface area contributed by atoms with Gasteiger partial charge in [-0.3, -0.25) is 4.79 Å². The molecule has 0 aromatic heterocycles. The quantitative estimate of drug-likeness (QED) is 0.197. The molecule has 0 fully saturated rings. The fourth-order valence-electron chi connectivity index (χ4n) is 1.69. The van der Waals surface area contributed by atoms with Crippen LogP contribution in [0.15, 0.2) is 78.9 Å². The Hall–Kier alpha value is -1.82. The average molecular weight is 619 g/mol. The van der Waals surface area contributed by atoms with E-state index in [0.29, 0.717) is 23.2 Å². The number of phenols is 3. The smallest absolute Gasteiger partial charge is 0.180 e. The van der Waals surface area contributed by atoms with Crippen LogP contribution in [0.2, 0.25) is 0 Å². The molecule has 0 aliphatic rings. The van der Waals surface area contributed by atoms with E-state index in [0.717, 1.165) is 0 Å². The van der Waals surface area contributed by atoms with Gasteiger partial charge in [-0.1, -0.05) is 156 Å². The zero-order valence-corrected chi connectivity index (χ0v) is 25.2. The maximum atomic E-state index is 10.1. The Morgan fingerprint density at radius 3 is 1.19 bits per heavy atom. The van der Waals surface area contributed by atoms with Crippen LogP contribution in [0.4, 0.5) is 0 Å². The van der Waals surface area contributed by atoms with E-state index in [1.807, 2.05) is 47.6 Å². The highest BCUT2D eigenvalue weighted by atomic mass is 35.6. The van der Waals surface area contributed by atoms with Gasteiger partial charge < -0.3 is 15.3 Å². The summed E-state index contributed by atoms with van der Waals surface area (Å²) in [5.41, 5.74) is 0.878. The van der Waals surface area contributed by atoms with Gasteiger partial charge in [-0.15, -0.1) is 0 Å². The summed E-state index contributed by atoms with van der Waals surface area (Å²) >= 11 is 25.4. The number of aromatic hydroxyl groups is 3. The second-order valence-corrected chi connectivity index (χ2v) is 8.19. The molecule has 3 aromatic carbocycles. The van der Waals surface area contributed by atoms with E-state index in [1.165, 1.54) is 6.07 Å². The van der Waals surface area contributed by atoms with Crippen molar-refractivity contribution in [3.8, 4) is 17.2 Å². The van der Waals surface area contributed by atoms with Crippen molar-refractivity contribution in [1.82, 2.24) is 0 Å². The summed E-state index contributed by atoms with van der Waals surface area (Å²) in [6, 6.07) is 21.8. The molecule has 3 N–H and O–H groups in total. The van der Waals surface area contributed by atoms with Gasteiger partial charge in [-0.05, 0) is 30.3 Å². The Bertz CT molecular complexity index is 846. The third kappa shape index (κ3) is 30.3. The number of para-hydroxylation sites is 3. The SMILES string of the molecule is C.CC.CC.CC.ClC(Cl)Cl.O=Cc1ccccc1O.Oc1ccccc1.Oc1ccccc1C(Cl)Cl. The highest BCUT2D eigenvalue weighted by Crippen LogP contribution is 2.31. The minimum absolute atomic E-state index is 0. The molecule has 0 spiro atoms. The molecule has 3 aromatic rings. The van der Waals surface area contributed by atoms with Crippen LogP contribution in [0.5, 0.6) is 17.2 Å². The van der Waals surface area contributed by atoms with Crippen LogP contribution in [0, 0.1) is 0 Å². The van der Waals surface area contributed by atoms with Gasteiger partial charge in [-0.2, -0.15) is 0 Å². The number of benzene rings is 3. The summed E-state index contributed by atoms with van der Waals surface area (Å²) < 4.78 is -0.750. The Balaban J connectivity index is -0.000000118. The number of aldehydes is 1. The lowest BCUT2D eigenvalue weighted by atomic mass is 10.2. The molecular weight excluding hydrogens is 578 g/mol. The van der Waals surface area contributed by atoms with E-state index in [9.17, 15) is 4.79 Å². The van der Waals surface area contributed by atoms with Crippen molar-refractivity contribution in [1.29, 1.82) is 0 Å². The molecule has 0 saturated carbocycles. The predicted octanol–water partition coefficient (Wildman–Crippen LogP) is 11.2. The van der Waals surface area contributed by atoms with Gasteiger partial charge in [0, 0.05) is 5.56 Å². The highest BCUT2D eigenvalue weighted by Gasteiger charge is 2.06. The van der Waals surface area contributed by atoms with Crippen LogP contribution < -0.4 is 0 Å². The number of carbonyl (C=O) groups is 1. The number of alkyl halides is 5. The Morgan fingerprint density at radius 2 is 0.946 bits per heavy atom. The van der Waals surface area contributed by atoms with Crippen LogP contribution in [-0.4, -0.2) is 25.9 Å². The Kier molecular flexibility index (Phi) is 41.7. The molecule has 0 radical (unpaired) electrons. The predicted molar refractivity (Wildman–Crippen MR) is 166 cm³/mol. The number of rotatable bonds is 2. The third-order valence-electron chi connectivity index (χ3n) is 2.99. The van der Waals surface area contributed by atoms with E-state index in [-0.39, 0.29) is 18.9 Å². The van der Waals surface area contributed by atoms with E-state index in [4.69, 9.17) is 73.3 Å². The number of phenolic OH excluding ortho intramolecular Hbond substituents is 3. The molecule has 0 amide bonds. The molecule has 0 heterocycles. The third-order valence-corrected chi connectivity index (χ3v) is 3.46. The molecule has 0 aliphatic carbocycles. The first-order chi connectivity index (χ1) is 17.2. The van der Waals surface area contributed by atoms with Gasteiger partial charge in [0.15, 0.2) is 10.6 Å². The fraction of sp³-hybridized carbons (Fsp3) is 0.321. The molecule has 0 saturated heterocycles. The number of hydrogen-bond acceptors (Lipinski definition) is 4. The molecule has 0 aliphatic heterocycles. The minimum Gasteiger partial charge on any atom is -0.508 e. The molecule has 0 bridgehead atoms. The monoisotopic (exact) mass is 616 g/mol. The maximum absolute atomic E-state index is 10.1. The second-order valence-electron chi connectivity index (χ2n) is 5.12. The van der Waals surface area contributed by atoms with Gasteiger partial charge >= 0.3 is 0 Å². The van der Waals surface area contributed by atoms with Gasteiger partial charge in [0.1, 0.15) is 22.1 Å². The molecule has 9 heteroatoms. The lowest BCUT2D eigenvalue weighted by Crippen LogP contribution is -1.80. The van der Waals surface area contributed by atoms with Crippen LogP contribution >= 0.6 is 58.0 Å². The summed E-state index contributed by atoms with van der Waals surface area (Å²) in [5.74, 6) is 0.493. The lowest BCUT2D eigenvalue weighted by Gasteiger charge is -2.02. The number of halogens is 5. The lowest BCUT2D eigenvalue weighted by molar-refractivity contribution is 0.112. The standard InChI is InChI=1S/C7H6Cl2O.C7H6O2.C6H6O.3C2H6.CHCl3.CH4/c8-7(9)5-3-1-2-4-6(5)10;8-5-6-3-1-2-4-7(6)9;7-6-4-2-1-3-5-6;3*1-2;2-1(3)4;/h1-4,7,10H;1-5,9H;1-5,7H;3*1-2H3;1H;1H4. The van der Waals surface area contributed by atoms with Crippen LogP contribution in [0.3, 0.4) is 0 Å². The molecule has 212 valence electrons. The first-order valence-electron chi connectivity index (χ1n) is 11.1. The number of carbonyl (C=O) groups excluding carboxylic acids is 1. The van der Waals surface area contributed by atoms with Crippen molar-refractivity contribution < 1.29 is 20.1 Å².